The van der Waals surface area contributed by atoms with Gasteiger partial charge in [0.05, 0.1) is 12.1 Å². The number of amides is 1. The molecule has 1 saturated carbocycles. The van der Waals surface area contributed by atoms with Crippen molar-refractivity contribution in [2.24, 2.45) is 11.8 Å². The Kier molecular flexibility index (Phi) is 6.09. The Hall–Kier alpha value is -2.41. The van der Waals surface area contributed by atoms with Crippen LogP contribution >= 0.6 is 0 Å². The average molecular weight is 415 g/mol. The molecule has 6 nitrogen and oxygen atoms in total. The van der Waals surface area contributed by atoms with E-state index >= 15 is 0 Å². The van der Waals surface area contributed by atoms with Crippen LogP contribution in [0.25, 0.3) is 11.3 Å². The van der Waals surface area contributed by atoms with Crippen LogP contribution in [-0.2, 0) is 11.3 Å². The first-order valence-electron chi connectivity index (χ1n) is 10.9. The standard InChI is InChI=1S/C23H31FN4O2/c1-16(2)14-28(22(29)18-4-5-18)15-20-21(17-6-8-19(24)9-7-17)25-30-23(20)27-12-10-26(3)11-13-27/h6-9,16,18H,4-5,10-15H2,1-3H3. The van der Waals surface area contributed by atoms with Crippen LogP contribution in [0.2, 0.25) is 0 Å². The van der Waals surface area contributed by atoms with Gasteiger partial charge in [0.15, 0.2) is 0 Å². The number of likely N-dealkylation sites (N-methyl/N-ethyl adjacent to an activating group) is 1. The lowest BCUT2D eigenvalue weighted by Crippen LogP contribution is -2.45. The van der Waals surface area contributed by atoms with Crippen molar-refractivity contribution in [2.45, 2.75) is 33.2 Å². The van der Waals surface area contributed by atoms with E-state index in [2.05, 4.69) is 35.9 Å². The maximum absolute atomic E-state index is 13.5. The van der Waals surface area contributed by atoms with Crippen LogP contribution in [0.5, 0.6) is 0 Å². The molecule has 1 aromatic carbocycles. The molecule has 0 N–H and O–H groups in total. The fourth-order valence-corrected chi connectivity index (χ4v) is 3.99. The van der Waals surface area contributed by atoms with Gasteiger partial charge in [-0.2, -0.15) is 0 Å². The minimum atomic E-state index is -0.284. The Morgan fingerprint density at radius 3 is 2.47 bits per heavy atom. The van der Waals surface area contributed by atoms with Gasteiger partial charge in [-0.1, -0.05) is 19.0 Å². The van der Waals surface area contributed by atoms with Crippen molar-refractivity contribution < 1.29 is 13.7 Å². The summed E-state index contributed by atoms with van der Waals surface area (Å²) >= 11 is 0. The summed E-state index contributed by atoms with van der Waals surface area (Å²) in [5.74, 6) is 1.20. The largest absolute Gasteiger partial charge is 0.338 e. The molecule has 0 atom stereocenters. The molecule has 7 heteroatoms. The second-order valence-corrected chi connectivity index (χ2v) is 9.00. The fourth-order valence-electron chi connectivity index (χ4n) is 3.99. The smallest absolute Gasteiger partial charge is 0.232 e. The SMILES string of the molecule is CC(C)CN(Cc1c(-c2ccc(F)cc2)noc1N1CCN(C)CC1)C(=O)C1CC1. The Morgan fingerprint density at radius 2 is 1.87 bits per heavy atom. The van der Waals surface area contributed by atoms with Gasteiger partial charge < -0.3 is 19.2 Å². The van der Waals surface area contributed by atoms with Gasteiger partial charge in [-0.25, -0.2) is 4.39 Å². The number of nitrogens with zero attached hydrogens (tertiary/aromatic N) is 4. The third-order valence-electron chi connectivity index (χ3n) is 5.85. The van der Waals surface area contributed by atoms with Crippen LogP contribution in [0, 0.1) is 17.7 Å². The summed E-state index contributed by atoms with van der Waals surface area (Å²) in [6.45, 7) is 9.01. The predicted octanol–water partition coefficient (Wildman–Crippen LogP) is 3.63. The minimum absolute atomic E-state index is 0.157. The molecule has 0 bridgehead atoms. The third-order valence-corrected chi connectivity index (χ3v) is 5.85. The highest BCUT2D eigenvalue weighted by Gasteiger charge is 2.35. The number of benzene rings is 1. The van der Waals surface area contributed by atoms with Crippen LogP contribution < -0.4 is 4.90 Å². The molecule has 4 rings (SSSR count). The Balaban J connectivity index is 1.69. The fraction of sp³-hybridized carbons (Fsp3) is 0.565. The highest BCUT2D eigenvalue weighted by Crippen LogP contribution is 2.36. The number of halogens is 1. The molecule has 30 heavy (non-hydrogen) atoms. The quantitative estimate of drug-likeness (QED) is 0.693. The van der Waals surface area contributed by atoms with Crippen LogP contribution in [0.1, 0.15) is 32.3 Å². The maximum Gasteiger partial charge on any atom is 0.232 e. The maximum atomic E-state index is 13.5. The zero-order valence-electron chi connectivity index (χ0n) is 18.1. The number of hydrogen-bond acceptors (Lipinski definition) is 5. The summed E-state index contributed by atoms with van der Waals surface area (Å²) in [7, 11) is 2.11. The lowest BCUT2D eigenvalue weighted by Gasteiger charge is -2.33. The van der Waals surface area contributed by atoms with Crippen LogP contribution in [0.4, 0.5) is 10.3 Å². The Labute approximate surface area is 177 Å². The van der Waals surface area contributed by atoms with Gasteiger partial charge >= 0.3 is 0 Å². The van der Waals surface area contributed by atoms with Gasteiger partial charge in [-0.3, -0.25) is 4.79 Å². The van der Waals surface area contributed by atoms with Gasteiger partial charge in [-0.05, 0) is 50.1 Å². The highest BCUT2D eigenvalue weighted by atomic mass is 19.1. The van der Waals surface area contributed by atoms with Gasteiger partial charge in [0, 0.05) is 44.2 Å². The van der Waals surface area contributed by atoms with Crippen molar-refractivity contribution in [3.63, 3.8) is 0 Å². The molecule has 1 saturated heterocycles. The van der Waals surface area contributed by atoms with Crippen molar-refractivity contribution in [3.8, 4) is 11.3 Å². The van der Waals surface area contributed by atoms with E-state index in [1.54, 1.807) is 12.1 Å². The number of anilines is 1. The van der Waals surface area contributed by atoms with Gasteiger partial charge in [0.2, 0.25) is 11.8 Å². The second-order valence-electron chi connectivity index (χ2n) is 9.00. The van der Waals surface area contributed by atoms with E-state index in [-0.39, 0.29) is 17.6 Å². The van der Waals surface area contributed by atoms with Crippen molar-refractivity contribution >= 4 is 11.8 Å². The molecule has 2 aliphatic rings. The molecule has 2 aromatic rings. The Bertz CT molecular complexity index is 868. The second kappa shape index (κ2) is 8.76. The molecule has 1 aromatic heterocycles. The number of aromatic nitrogens is 1. The van der Waals surface area contributed by atoms with E-state index in [1.165, 1.54) is 12.1 Å². The third kappa shape index (κ3) is 4.67. The molecule has 2 fully saturated rings. The molecule has 2 heterocycles. The van der Waals surface area contributed by atoms with E-state index in [0.29, 0.717) is 24.7 Å². The molecule has 1 aliphatic heterocycles. The van der Waals surface area contributed by atoms with Gasteiger partial charge in [0.25, 0.3) is 0 Å². The zero-order valence-corrected chi connectivity index (χ0v) is 18.1. The van der Waals surface area contributed by atoms with E-state index in [1.807, 2.05) is 4.90 Å². The van der Waals surface area contributed by atoms with Gasteiger partial charge in [-0.15, -0.1) is 0 Å². The van der Waals surface area contributed by atoms with Crippen molar-refractivity contribution in [2.75, 3.05) is 44.7 Å². The van der Waals surface area contributed by atoms with Crippen molar-refractivity contribution in [3.05, 3.63) is 35.6 Å². The number of piperazine rings is 1. The summed E-state index contributed by atoms with van der Waals surface area (Å²) < 4.78 is 19.3. The molecule has 0 radical (unpaired) electrons. The highest BCUT2D eigenvalue weighted by molar-refractivity contribution is 5.81. The summed E-state index contributed by atoms with van der Waals surface area (Å²) in [5.41, 5.74) is 2.42. The molecule has 1 aliphatic carbocycles. The predicted molar refractivity (Wildman–Crippen MR) is 115 cm³/mol. The summed E-state index contributed by atoms with van der Waals surface area (Å²) in [6.07, 6.45) is 1.96. The normalized spacial score (nSPS) is 17.6. The molecular weight excluding hydrogens is 383 g/mol. The number of hydrogen-bond donors (Lipinski definition) is 0. The van der Waals surface area contributed by atoms with E-state index in [4.69, 9.17) is 4.52 Å². The molecule has 0 spiro atoms. The van der Waals surface area contributed by atoms with Crippen LogP contribution in [0.15, 0.2) is 28.8 Å². The summed E-state index contributed by atoms with van der Waals surface area (Å²) in [5, 5.41) is 4.37. The van der Waals surface area contributed by atoms with Crippen LogP contribution in [-0.4, -0.2) is 60.6 Å². The lowest BCUT2D eigenvalue weighted by atomic mass is 10.1. The topological polar surface area (TPSA) is 52.8 Å². The first kappa shape index (κ1) is 20.8. The monoisotopic (exact) mass is 414 g/mol. The zero-order chi connectivity index (χ0) is 21.3. The molecular formula is C23H31FN4O2. The summed E-state index contributed by atoms with van der Waals surface area (Å²) in [4.78, 5) is 19.5. The van der Waals surface area contributed by atoms with Gasteiger partial charge in [0.1, 0.15) is 11.5 Å². The number of rotatable bonds is 7. The minimum Gasteiger partial charge on any atom is -0.338 e. The Morgan fingerprint density at radius 1 is 1.20 bits per heavy atom. The molecule has 0 unspecified atom stereocenters. The van der Waals surface area contributed by atoms with E-state index < -0.39 is 0 Å². The molecule has 1 amide bonds. The number of carbonyl (C=O) groups is 1. The molecule has 162 valence electrons. The first-order chi connectivity index (χ1) is 14.4. The van der Waals surface area contributed by atoms with Crippen LogP contribution in [0.3, 0.4) is 0 Å². The first-order valence-corrected chi connectivity index (χ1v) is 10.9. The lowest BCUT2D eigenvalue weighted by molar-refractivity contribution is -0.133. The van der Waals surface area contributed by atoms with Crippen molar-refractivity contribution in [1.29, 1.82) is 0 Å². The van der Waals surface area contributed by atoms with E-state index in [0.717, 1.165) is 56.0 Å². The van der Waals surface area contributed by atoms with E-state index in [9.17, 15) is 9.18 Å². The summed E-state index contributed by atoms with van der Waals surface area (Å²) in [6, 6.07) is 6.31. The average Bonchev–Trinajstić information content (AvgIpc) is 3.49. The number of carbonyl (C=O) groups excluding carboxylic acids is 1. The van der Waals surface area contributed by atoms with Crippen molar-refractivity contribution in [1.82, 2.24) is 15.0 Å².